The summed E-state index contributed by atoms with van der Waals surface area (Å²) >= 11 is 6.34. The first-order chi connectivity index (χ1) is 15.5. The normalized spacial score (nSPS) is 13.6. The van der Waals surface area contributed by atoms with Gasteiger partial charge in [0, 0.05) is 12.4 Å². The van der Waals surface area contributed by atoms with Crippen LogP contribution in [-0.2, 0) is 21.7 Å². The Labute approximate surface area is 198 Å². The number of carboxylic acid groups (broad SMARTS) is 1. The molecular weight excluding hydrogens is 464 g/mol. The zero-order valence-corrected chi connectivity index (χ0v) is 20.5. The molecule has 0 fully saturated rings. The highest BCUT2D eigenvalue weighted by Crippen LogP contribution is 2.28. The molecule has 1 amide bonds. The number of halogens is 1. The highest BCUT2D eigenvalue weighted by atomic mass is 35.5. The van der Waals surface area contributed by atoms with Gasteiger partial charge in [-0.3, -0.25) is 9.59 Å². The lowest BCUT2D eigenvalue weighted by Gasteiger charge is -2.16. The number of carboxylic acids is 1. The van der Waals surface area contributed by atoms with Crippen molar-refractivity contribution < 1.29 is 23.1 Å². The maximum atomic E-state index is 12.9. The fraction of sp³-hybridized carbons (Fsp3) is 0.333. The van der Waals surface area contributed by atoms with Gasteiger partial charge >= 0.3 is 5.97 Å². The fourth-order valence-electron chi connectivity index (χ4n) is 3.87. The lowest BCUT2D eigenvalue weighted by atomic mass is 10.1. The van der Waals surface area contributed by atoms with Gasteiger partial charge in [0.1, 0.15) is 5.69 Å². The third-order valence-corrected chi connectivity index (χ3v) is 8.17. The maximum Gasteiger partial charge on any atom is 0.322 e. The van der Waals surface area contributed by atoms with E-state index in [2.05, 4.69) is 5.32 Å². The third kappa shape index (κ3) is 4.91. The van der Waals surface area contributed by atoms with Crippen LogP contribution in [0.1, 0.15) is 54.3 Å². The number of nitrogens with one attached hydrogen (secondary N) is 1. The van der Waals surface area contributed by atoms with Crippen LogP contribution in [0, 0.1) is 6.92 Å². The van der Waals surface area contributed by atoms with E-state index in [1.807, 2.05) is 19.1 Å². The molecular formula is C24H27ClN2O5S. The predicted molar refractivity (Wildman–Crippen MR) is 129 cm³/mol. The van der Waals surface area contributed by atoms with E-state index in [-0.39, 0.29) is 17.2 Å². The van der Waals surface area contributed by atoms with Gasteiger partial charge < -0.3 is 15.0 Å². The van der Waals surface area contributed by atoms with Crippen molar-refractivity contribution in [1.29, 1.82) is 0 Å². The average Bonchev–Trinajstić information content (AvgIpc) is 3.08. The third-order valence-electron chi connectivity index (χ3n) is 5.75. The van der Waals surface area contributed by atoms with Gasteiger partial charge in [0.15, 0.2) is 15.1 Å². The molecule has 7 nitrogen and oxygen atoms in total. The van der Waals surface area contributed by atoms with Gasteiger partial charge in [0.25, 0.3) is 5.91 Å². The molecule has 2 aromatic carbocycles. The van der Waals surface area contributed by atoms with Crippen LogP contribution in [0.25, 0.3) is 10.9 Å². The number of aryl methyl sites for hydroxylation is 2. The molecule has 9 heteroatoms. The predicted octanol–water partition coefficient (Wildman–Crippen LogP) is 4.66. The van der Waals surface area contributed by atoms with E-state index < -0.39 is 27.1 Å². The van der Waals surface area contributed by atoms with Gasteiger partial charge in [-0.1, -0.05) is 37.1 Å². The maximum absolute atomic E-state index is 12.9. The summed E-state index contributed by atoms with van der Waals surface area (Å²) in [6.45, 7) is 5.47. The molecule has 0 aliphatic carbocycles. The van der Waals surface area contributed by atoms with Crippen molar-refractivity contribution in [3.8, 4) is 0 Å². The van der Waals surface area contributed by atoms with Crippen LogP contribution in [0.15, 0.2) is 47.4 Å². The summed E-state index contributed by atoms with van der Waals surface area (Å²) < 4.78 is 27.2. The minimum absolute atomic E-state index is 0.0421. The molecule has 1 aromatic heterocycles. The first-order valence-electron chi connectivity index (χ1n) is 10.6. The van der Waals surface area contributed by atoms with Crippen LogP contribution >= 0.6 is 11.6 Å². The summed E-state index contributed by atoms with van der Waals surface area (Å²) in [4.78, 5) is 24.3. The number of aliphatic carboxylic acids is 1. The van der Waals surface area contributed by atoms with Crippen LogP contribution in [-0.4, -0.2) is 35.2 Å². The Kier molecular flexibility index (Phi) is 7.19. The molecule has 0 aliphatic rings. The number of hydrogen-bond acceptors (Lipinski definition) is 4. The second kappa shape index (κ2) is 9.57. The molecule has 2 unspecified atom stereocenters. The van der Waals surface area contributed by atoms with Gasteiger partial charge in [-0.05, 0) is 61.7 Å². The number of amides is 1. The summed E-state index contributed by atoms with van der Waals surface area (Å²) in [6, 6.07) is 11.1. The van der Waals surface area contributed by atoms with Crippen LogP contribution in [0.4, 0.5) is 0 Å². The molecule has 33 heavy (non-hydrogen) atoms. The van der Waals surface area contributed by atoms with Gasteiger partial charge in [-0.2, -0.15) is 0 Å². The number of sulfone groups is 1. The van der Waals surface area contributed by atoms with Crippen molar-refractivity contribution in [3.05, 3.63) is 64.3 Å². The van der Waals surface area contributed by atoms with Crippen LogP contribution in [0.3, 0.4) is 0 Å². The first kappa shape index (κ1) is 24.8. The zero-order chi connectivity index (χ0) is 24.5. The van der Waals surface area contributed by atoms with Crippen molar-refractivity contribution in [1.82, 2.24) is 9.88 Å². The van der Waals surface area contributed by atoms with Crippen molar-refractivity contribution in [3.63, 3.8) is 0 Å². The molecule has 0 radical (unpaired) electrons. The number of nitrogens with zero attached hydrogens (tertiary/aromatic N) is 1. The Balaban J connectivity index is 1.81. The number of fused-ring (bicyclic) bond motifs is 1. The monoisotopic (exact) mass is 490 g/mol. The molecule has 0 spiro atoms. The summed E-state index contributed by atoms with van der Waals surface area (Å²) in [5.74, 6) is -1.65. The van der Waals surface area contributed by atoms with Gasteiger partial charge in [0.05, 0.1) is 21.5 Å². The molecule has 0 saturated carbocycles. The number of hydrogen-bond donors (Lipinski definition) is 2. The second-order valence-corrected chi connectivity index (χ2v) is 10.7. The first-order valence-corrected chi connectivity index (χ1v) is 12.5. The summed E-state index contributed by atoms with van der Waals surface area (Å²) in [6.07, 6.45) is 0.483. The van der Waals surface area contributed by atoms with E-state index in [0.29, 0.717) is 22.7 Å². The Morgan fingerprint density at radius 2 is 1.79 bits per heavy atom. The Morgan fingerprint density at radius 1 is 1.15 bits per heavy atom. The number of carbonyl (C=O) groups excluding carboxylic acids is 1. The molecule has 0 saturated heterocycles. The molecule has 2 N–H and O–H groups in total. The van der Waals surface area contributed by atoms with E-state index in [0.717, 1.165) is 16.5 Å². The molecule has 1 heterocycles. The highest BCUT2D eigenvalue weighted by molar-refractivity contribution is 7.92. The highest BCUT2D eigenvalue weighted by Gasteiger charge is 2.33. The van der Waals surface area contributed by atoms with Gasteiger partial charge in [0.2, 0.25) is 0 Å². The van der Waals surface area contributed by atoms with Crippen molar-refractivity contribution >= 4 is 44.2 Å². The smallest absolute Gasteiger partial charge is 0.322 e. The molecule has 2 atom stereocenters. The molecule has 3 rings (SSSR count). The Bertz CT molecular complexity index is 1310. The largest absolute Gasteiger partial charge is 0.480 e. The number of benzene rings is 2. The fourth-order valence-corrected chi connectivity index (χ4v) is 5.85. The summed E-state index contributed by atoms with van der Waals surface area (Å²) in [7, 11) is -2.20. The zero-order valence-electron chi connectivity index (χ0n) is 18.9. The van der Waals surface area contributed by atoms with Crippen molar-refractivity contribution in [2.75, 3.05) is 0 Å². The van der Waals surface area contributed by atoms with Crippen LogP contribution in [0.5, 0.6) is 0 Å². The molecule has 0 aliphatic heterocycles. The van der Waals surface area contributed by atoms with Crippen LogP contribution < -0.4 is 5.32 Å². The van der Waals surface area contributed by atoms with Crippen LogP contribution in [0.2, 0.25) is 5.02 Å². The second-order valence-electron chi connectivity index (χ2n) is 8.19. The van der Waals surface area contributed by atoms with E-state index in [1.165, 1.54) is 12.1 Å². The van der Waals surface area contributed by atoms with E-state index in [4.69, 9.17) is 11.6 Å². The minimum atomic E-state index is -4.00. The quantitative estimate of drug-likeness (QED) is 0.477. The Hall–Kier alpha value is -2.84. The van der Waals surface area contributed by atoms with Gasteiger partial charge in [-0.25, -0.2) is 8.42 Å². The SMILES string of the molecule is CCCC(C(=O)O)S(=O)(=O)c1ccc(C(C)NC(=O)c2cc3c(Cl)cc(C)cc3n2C)cc1. The Morgan fingerprint density at radius 3 is 2.36 bits per heavy atom. The molecule has 3 aromatic rings. The number of carbonyl (C=O) groups is 2. The lowest BCUT2D eigenvalue weighted by Crippen LogP contribution is -2.30. The molecule has 0 bridgehead atoms. The van der Waals surface area contributed by atoms with Gasteiger partial charge in [-0.15, -0.1) is 0 Å². The van der Waals surface area contributed by atoms with Crippen molar-refractivity contribution in [2.24, 2.45) is 7.05 Å². The summed E-state index contributed by atoms with van der Waals surface area (Å²) in [5, 5.41) is 12.1. The number of aromatic nitrogens is 1. The topological polar surface area (TPSA) is 105 Å². The van der Waals surface area contributed by atoms with E-state index in [1.54, 1.807) is 43.7 Å². The minimum Gasteiger partial charge on any atom is -0.480 e. The van der Waals surface area contributed by atoms with E-state index in [9.17, 15) is 23.1 Å². The van der Waals surface area contributed by atoms with Crippen molar-refractivity contribution in [2.45, 2.75) is 49.8 Å². The number of rotatable bonds is 8. The summed E-state index contributed by atoms with van der Waals surface area (Å²) in [5.41, 5.74) is 2.99. The van der Waals surface area contributed by atoms with E-state index >= 15 is 0 Å². The average molecular weight is 491 g/mol. The molecule has 176 valence electrons. The lowest BCUT2D eigenvalue weighted by molar-refractivity contribution is -0.136. The standard InChI is InChI=1S/C24H27ClN2O5S/c1-5-6-22(24(29)30)33(31,32)17-9-7-16(8-10-17)15(3)26-23(28)21-13-18-19(25)11-14(2)12-20(18)27(21)4/h7-13,15,22H,5-6H2,1-4H3,(H,26,28)(H,29,30).